The fourth-order valence-corrected chi connectivity index (χ4v) is 3.29. The molecule has 0 saturated carbocycles. The highest BCUT2D eigenvalue weighted by atomic mass is 16.5. The Morgan fingerprint density at radius 2 is 2.11 bits per heavy atom. The van der Waals surface area contributed by atoms with E-state index in [-0.39, 0.29) is 11.9 Å². The second-order valence-corrected chi connectivity index (χ2v) is 6.55. The van der Waals surface area contributed by atoms with Gasteiger partial charge in [-0.05, 0) is 31.4 Å². The number of hydrogen-bond acceptors (Lipinski definition) is 5. The molecule has 0 unspecified atom stereocenters. The molecule has 0 spiro atoms. The third kappa shape index (κ3) is 4.45. The van der Waals surface area contributed by atoms with E-state index in [1.54, 1.807) is 13.2 Å². The van der Waals surface area contributed by atoms with Crippen molar-refractivity contribution in [1.82, 2.24) is 24.8 Å². The first-order valence-corrected chi connectivity index (χ1v) is 9.11. The Morgan fingerprint density at radius 1 is 1.33 bits per heavy atom. The number of nitrogens with zero attached hydrogens (tertiary/aromatic N) is 5. The third-order valence-electron chi connectivity index (χ3n) is 4.87. The number of guanidine groups is 1. The third-order valence-corrected chi connectivity index (χ3v) is 4.87. The van der Waals surface area contributed by atoms with Gasteiger partial charge in [0.2, 0.25) is 0 Å². The zero-order valence-electron chi connectivity index (χ0n) is 16.1. The van der Waals surface area contributed by atoms with Crippen molar-refractivity contribution in [2.24, 2.45) is 10.9 Å². The van der Waals surface area contributed by atoms with Crippen LogP contribution in [-0.2, 0) is 16.1 Å². The van der Waals surface area contributed by atoms with Crippen LogP contribution in [0.1, 0.15) is 24.2 Å². The quantitative estimate of drug-likeness (QED) is 0.499. The SMILES string of the molecule is CN=C(NCc1ccc(-n2ccnc2C)nc1)N1CCC(C(=O)OC)CC1. The number of piperidine rings is 1. The first kappa shape index (κ1) is 18.9. The molecule has 0 aromatic carbocycles. The zero-order valence-corrected chi connectivity index (χ0v) is 16.1. The lowest BCUT2D eigenvalue weighted by Gasteiger charge is -2.33. The first-order chi connectivity index (χ1) is 13.1. The van der Waals surface area contributed by atoms with Crippen LogP contribution in [0.3, 0.4) is 0 Å². The topological polar surface area (TPSA) is 84.6 Å². The molecule has 3 rings (SSSR count). The summed E-state index contributed by atoms with van der Waals surface area (Å²) in [6.45, 7) is 4.16. The highest BCUT2D eigenvalue weighted by Gasteiger charge is 2.26. The molecule has 0 amide bonds. The standard InChI is InChI=1S/C19H26N6O2/c1-14-21-8-11-25(14)17-5-4-15(12-22-17)13-23-19(20-2)24-9-6-16(7-10-24)18(26)27-3/h4-5,8,11-12,16H,6-7,9-10,13H2,1-3H3,(H,20,23). The van der Waals surface area contributed by atoms with Crippen molar-refractivity contribution in [2.75, 3.05) is 27.2 Å². The van der Waals surface area contributed by atoms with Gasteiger partial charge in [-0.2, -0.15) is 0 Å². The van der Waals surface area contributed by atoms with Gasteiger partial charge in [0.25, 0.3) is 0 Å². The van der Waals surface area contributed by atoms with Crippen LogP contribution < -0.4 is 5.32 Å². The largest absolute Gasteiger partial charge is 0.469 e. The smallest absolute Gasteiger partial charge is 0.308 e. The van der Waals surface area contributed by atoms with Gasteiger partial charge in [-0.15, -0.1) is 0 Å². The number of imidazole rings is 1. The fourth-order valence-electron chi connectivity index (χ4n) is 3.29. The Labute approximate surface area is 159 Å². The summed E-state index contributed by atoms with van der Waals surface area (Å²) in [5.74, 6) is 2.48. The Morgan fingerprint density at radius 3 is 2.67 bits per heavy atom. The molecular formula is C19H26N6O2. The number of esters is 1. The van der Waals surface area contributed by atoms with Gasteiger partial charge in [0.15, 0.2) is 5.96 Å². The lowest BCUT2D eigenvalue weighted by atomic mass is 9.97. The van der Waals surface area contributed by atoms with Gasteiger partial charge in [-0.1, -0.05) is 6.07 Å². The monoisotopic (exact) mass is 370 g/mol. The summed E-state index contributed by atoms with van der Waals surface area (Å²) in [6, 6.07) is 4.03. The summed E-state index contributed by atoms with van der Waals surface area (Å²) in [6.07, 6.45) is 7.09. The number of nitrogens with one attached hydrogen (secondary N) is 1. The Kier molecular flexibility index (Phi) is 6.05. The van der Waals surface area contributed by atoms with Crippen LogP contribution in [0.15, 0.2) is 35.7 Å². The van der Waals surface area contributed by atoms with E-state index in [0.717, 1.165) is 49.1 Å². The summed E-state index contributed by atoms with van der Waals surface area (Å²) < 4.78 is 6.79. The summed E-state index contributed by atoms with van der Waals surface area (Å²) >= 11 is 0. The number of likely N-dealkylation sites (tertiary alicyclic amines) is 1. The summed E-state index contributed by atoms with van der Waals surface area (Å²) in [5, 5.41) is 3.38. The minimum Gasteiger partial charge on any atom is -0.469 e. The highest BCUT2D eigenvalue weighted by Crippen LogP contribution is 2.18. The molecule has 144 valence electrons. The van der Waals surface area contributed by atoms with E-state index in [1.165, 1.54) is 7.11 Å². The molecule has 8 heteroatoms. The van der Waals surface area contributed by atoms with E-state index in [4.69, 9.17) is 4.74 Å². The average Bonchev–Trinajstić information content (AvgIpc) is 3.14. The van der Waals surface area contributed by atoms with E-state index < -0.39 is 0 Å². The molecule has 0 radical (unpaired) electrons. The molecule has 0 aliphatic carbocycles. The molecule has 0 bridgehead atoms. The minimum atomic E-state index is -0.114. The maximum absolute atomic E-state index is 11.7. The Hall–Kier alpha value is -2.90. The van der Waals surface area contributed by atoms with Crippen LogP contribution >= 0.6 is 0 Å². The predicted octanol–water partition coefficient (Wildman–Crippen LogP) is 1.54. The van der Waals surface area contributed by atoms with E-state index in [0.29, 0.717) is 6.54 Å². The molecule has 1 N–H and O–H groups in total. The maximum atomic E-state index is 11.7. The fraction of sp³-hybridized carbons (Fsp3) is 0.474. The number of carbonyl (C=O) groups excluding carboxylic acids is 1. The lowest BCUT2D eigenvalue weighted by Crippen LogP contribution is -2.46. The van der Waals surface area contributed by atoms with Crippen LogP contribution in [0, 0.1) is 12.8 Å². The number of hydrogen-bond donors (Lipinski definition) is 1. The van der Waals surface area contributed by atoms with Crippen molar-refractivity contribution < 1.29 is 9.53 Å². The molecule has 0 atom stereocenters. The first-order valence-electron chi connectivity index (χ1n) is 9.11. The van der Waals surface area contributed by atoms with Crippen molar-refractivity contribution in [2.45, 2.75) is 26.3 Å². The lowest BCUT2D eigenvalue weighted by molar-refractivity contribution is -0.146. The van der Waals surface area contributed by atoms with Gasteiger partial charge in [-0.3, -0.25) is 14.4 Å². The summed E-state index contributed by atoms with van der Waals surface area (Å²) in [4.78, 5) is 26.9. The van der Waals surface area contributed by atoms with Crippen molar-refractivity contribution in [3.05, 3.63) is 42.1 Å². The number of carbonyl (C=O) groups is 1. The highest BCUT2D eigenvalue weighted by molar-refractivity contribution is 5.80. The molecule has 1 aliphatic heterocycles. The van der Waals surface area contributed by atoms with E-state index in [1.807, 2.05) is 36.0 Å². The number of ether oxygens (including phenoxy) is 1. The minimum absolute atomic E-state index is 0.00673. The van der Waals surface area contributed by atoms with Gasteiger partial charge in [0.05, 0.1) is 13.0 Å². The van der Waals surface area contributed by atoms with Crippen LogP contribution in [0.5, 0.6) is 0 Å². The van der Waals surface area contributed by atoms with Crippen LogP contribution in [-0.4, -0.2) is 58.6 Å². The van der Waals surface area contributed by atoms with Gasteiger partial charge in [0, 0.05) is 45.3 Å². The number of methoxy groups -OCH3 is 1. The second-order valence-electron chi connectivity index (χ2n) is 6.55. The molecule has 27 heavy (non-hydrogen) atoms. The molecule has 3 heterocycles. The maximum Gasteiger partial charge on any atom is 0.308 e. The van der Waals surface area contributed by atoms with E-state index >= 15 is 0 Å². The molecule has 1 aliphatic rings. The van der Waals surface area contributed by atoms with Gasteiger partial charge in [0.1, 0.15) is 11.6 Å². The van der Waals surface area contributed by atoms with Crippen molar-refractivity contribution >= 4 is 11.9 Å². The van der Waals surface area contributed by atoms with Crippen molar-refractivity contribution in [3.63, 3.8) is 0 Å². The van der Waals surface area contributed by atoms with Crippen molar-refractivity contribution in [1.29, 1.82) is 0 Å². The van der Waals surface area contributed by atoms with Crippen LogP contribution in [0.2, 0.25) is 0 Å². The van der Waals surface area contributed by atoms with Crippen LogP contribution in [0.25, 0.3) is 5.82 Å². The summed E-state index contributed by atoms with van der Waals surface area (Å²) in [5.41, 5.74) is 1.07. The number of aryl methyl sites for hydroxylation is 1. The number of aliphatic imine (C=N–C) groups is 1. The molecule has 1 saturated heterocycles. The molecule has 8 nitrogen and oxygen atoms in total. The average molecular weight is 370 g/mol. The molecule has 2 aromatic rings. The van der Waals surface area contributed by atoms with Gasteiger partial charge >= 0.3 is 5.97 Å². The Bertz CT molecular complexity index is 791. The number of pyridine rings is 1. The number of rotatable bonds is 4. The zero-order chi connectivity index (χ0) is 19.2. The Balaban J connectivity index is 1.54. The predicted molar refractivity (Wildman–Crippen MR) is 103 cm³/mol. The van der Waals surface area contributed by atoms with E-state index in [2.05, 4.69) is 25.2 Å². The van der Waals surface area contributed by atoms with Gasteiger partial charge in [-0.25, -0.2) is 9.97 Å². The van der Waals surface area contributed by atoms with Crippen LogP contribution in [0.4, 0.5) is 0 Å². The molecule has 2 aromatic heterocycles. The van der Waals surface area contributed by atoms with E-state index in [9.17, 15) is 4.79 Å². The van der Waals surface area contributed by atoms with Gasteiger partial charge < -0.3 is 15.0 Å². The normalized spacial score (nSPS) is 15.7. The van der Waals surface area contributed by atoms with Crippen molar-refractivity contribution in [3.8, 4) is 5.82 Å². The second kappa shape index (κ2) is 8.66. The molecular weight excluding hydrogens is 344 g/mol. The number of aromatic nitrogens is 3. The summed E-state index contributed by atoms with van der Waals surface area (Å²) in [7, 11) is 3.22. The molecule has 1 fully saturated rings.